The van der Waals surface area contributed by atoms with E-state index in [9.17, 15) is 4.39 Å². The Bertz CT molecular complexity index is 916. The number of hydrogen-bond acceptors (Lipinski definition) is 4. The molecule has 0 unspecified atom stereocenters. The van der Waals surface area contributed by atoms with Crippen molar-refractivity contribution in [2.24, 2.45) is 0 Å². The van der Waals surface area contributed by atoms with Crippen LogP contribution in [0.25, 0.3) is 12.2 Å². The van der Waals surface area contributed by atoms with Gasteiger partial charge in [0, 0.05) is 18.2 Å². The maximum atomic E-state index is 13.8. The number of oxazole rings is 1. The van der Waals surface area contributed by atoms with Gasteiger partial charge in [-0.2, -0.15) is 0 Å². The molecule has 1 heterocycles. The third-order valence-corrected chi connectivity index (χ3v) is 4.31. The number of rotatable bonds is 9. The zero-order valence-electron chi connectivity index (χ0n) is 15.9. The first-order chi connectivity index (χ1) is 13.6. The lowest BCUT2D eigenvalue weighted by Gasteiger charge is -2.05. The molecule has 0 fully saturated rings. The van der Waals surface area contributed by atoms with Crippen molar-refractivity contribution in [3.8, 4) is 5.75 Å². The summed E-state index contributed by atoms with van der Waals surface area (Å²) in [5, 5.41) is 8.83. The molecule has 4 nitrogen and oxygen atoms in total. The van der Waals surface area contributed by atoms with Crippen molar-refractivity contribution >= 4 is 12.2 Å². The van der Waals surface area contributed by atoms with Crippen molar-refractivity contribution in [3.05, 3.63) is 82.8 Å². The Kier molecular flexibility index (Phi) is 6.98. The molecule has 0 aliphatic rings. The summed E-state index contributed by atoms with van der Waals surface area (Å²) in [6, 6.07) is 13.0. The Labute approximate surface area is 164 Å². The zero-order valence-corrected chi connectivity index (χ0v) is 15.9. The van der Waals surface area contributed by atoms with Gasteiger partial charge in [0.15, 0.2) is 0 Å². The Hall–Kier alpha value is -2.92. The largest absolute Gasteiger partial charge is 0.487 e. The quantitative estimate of drug-likeness (QED) is 0.519. The first-order valence-corrected chi connectivity index (χ1v) is 9.35. The first-order valence-electron chi connectivity index (χ1n) is 9.35. The summed E-state index contributed by atoms with van der Waals surface area (Å²) < 4.78 is 25.0. The van der Waals surface area contributed by atoms with Crippen molar-refractivity contribution < 1.29 is 18.7 Å². The zero-order chi connectivity index (χ0) is 19.8. The highest BCUT2D eigenvalue weighted by Crippen LogP contribution is 2.17. The van der Waals surface area contributed by atoms with E-state index in [0.717, 1.165) is 30.6 Å². The molecule has 0 radical (unpaired) electrons. The van der Waals surface area contributed by atoms with Crippen LogP contribution in [-0.4, -0.2) is 16.7 Å². The van der Waals surface area contributed by atoms with Crippen LogP contribution in [0.2, 0.25) is 0 Å². The Morgan fingerprint density at radius 2 is 1.93 bits per heavy atom. The average molecular weight is 381 g/mol. The summed E-state index contributed by atoms with van der Waals surface area (Å²) in [6.07, 6.45) is 7.55. The number of aryl methyl sites for hydroxylation is 2. The van der Waals surface area contributed by atoms with Gasteiger partial charge in [-0.15, -0.1) is 0 Å². The topological polar surface area (TPSA) is 55.5 Å². The third kappa shape index (κ3) is 5.79. The summed E-state index contributed by atoms with van der Waals surface area (Å²) >= 11 is 0. The maximum absolute atomic E-state index is 13.8. The van der Waals surface area contributed by atoms with E-state index in [4.69, 9.17) is 14.3 Å². The van der Waals surface area contributed by atoms with E-state index < -0.39 is 0 Å². The lowest BCUT2D eigenvalue weighted by Crippen LogP contribution is -1.96. The van der Waals surface area contributed by atoms with Gasteiger partial charge >= 0.3 is 0 Å². The predicted octanol–water partition coefficient (Wildman–Crippen LogP) is 5.19. The van der Waals surface area contributed by atoms with Crippen LogP contribution in [-0.2, 0) is 13.0 Å². The van der Waals surface area contributed by atoms with E-state index in [0.29, 0.717) is 23.8 Å². The molecule has 28 heavy (non-hydrogen) atoms. The number of benzene rings is 2. The molecule has 1 aromatic heterocycles. The fourth-order valence-corrected chi connectivity index (χ4v) is 2.74. The highest BCUT2D eigenvalue weighted by molar-refractivity contribution is 5.66. The van der Waals surface area contributed by atoms with Gasteiger partial charge in [0.25, 0.3) is 0 Å². The van der Waals surface area contributed by atoms with Gasteiger partial charge in [-0.25, -0.2) is 9.37 Å². The summed E-state index contributed by atoms with van der Waals surface area (Å²) in [5.41, 5.74) is 3.25. The molecule has 0 spiro atoms. The van der Waals surface area contributed by atoms with E-state index in [1.165, 1.54) is 17.9 Å². The van der Waals surface area contributed by atoms with Crippen LogP contribution in [0.1, 0.15) is 41.1 Å². The van der Waals surface area contributed by atoms with Crippen molar-refractivity contribution in [2.75, 3.05) is 6.61 Å². The molecule has 0 saturated heterocycles. The summed E-state index contributed by atoms with van der Waals surface area (Å²) in [7, 11) is 0. The number of halogens is 1. The van der Waals surface area contributed by atoms with E-state index in [-0.39, 0.29) is 12.4 Å². The molecule has 3 aromatic rings. The van der Waals surface area contributed by atoms with Gasteiger partial charge in [-0.1, -0.05) is 24.3 Å². The maximum Gasteiger partial charge on any atom is 0.218 e. The van der Waals surface area contributed by atoms with Crippen LogP contribution >= 0.6 is 0 Å². The molecule has 0 saturated carbocycles. The van der Waals surface area contributed by atoms with Crippen molar-refractivity contribution in [1.29, 1.82) is 0 Å². The van der Waals surface area contributed by atoms with Gasteiger partial charge in [-0.05, 0) is 61.6 Å². The minimum absolute atomic E-state index is 0.232. The second-order valence-electron chi connectivity index (χ2n) is 6.65. The molecule has 0 amide bonds. The van der Waals surface area contributed by atoms with Gasteiger partial charge < -0.3 is 14.3 Å². The number of aliphatic hydroxyl groups excluding tert-OH is 1. The predicted molar refractivity (Wildman–Crippen MR) is 107 cm³/mol. The van der Waals surface area contributed by atoms with Crippen molar-refractivity contribution in [2.45, 2.75) is 32.8 Å². The number of ether oxygens (including phenoxy) is 1. The Balaban J connectivity index is 1.52. The van der Waals surface area contributed by atoms with Crippen LogP contribution < -0.4 is 4.74 Å². The lowest BCUT2D eigenvalue weighted by atomic mass is 10.1. The first kappa shape index (κ1) is 19.8. The molecule has 1 N–H and O–H groups in total. The molecule has 0 aliphatic carbocycles. The van der Waals surface area contributed by atoms with Crippen molar-refractivity contribution in [3.63, 3.8) is 0 Å². The highest BCUT2D eigenvalue weighted by atomic mass is 19.1. The second kappa shape index (κ2) is 9.85. The third-order valence-electron chi connectivity index (χ3n) is 4.31. The Morgan fingerprint density at radius 3 is 2.68 bits per heavy atom. The van der Waals surface area contributed by atoms with Crippen LogP contribution in [0.3, 0.4) is 0 Å². The minimum Gasteiger partial charge on any atom is -0.487 e. The Morgan fingerprint density at radius 1 is 1.11 bits per heavy atom. The molecule has 146 valence electrons. The summed E-state index contributed by atoms with van der Waals surface area (Å²) in [4.78, 5) is 4.33. The fourth-order valence-electron chi connectivity index (χ4n) is 2.74. The fraction of sp³-hybridized carbons (Fsp3) is 0.261. The molecule has 5 heteroatoms. The molecule has 3 rings (SSSR count). The number of aliphatic hydroxyl groups is 1. The summed E-state index contributed by atoms with van der Waals surface area (Å²) in [5.74, 6) is 0.886. The molecule has 0 atom stereocenters. The van der Waals surface area contributed by atoms with Crippen molar-refractivity contribution in [1.82, 2.24) is 4.98 Å². The summed E-state index contributed by atoms with van der Waals surface area (Å²) in [6.45, 7) is 2.37. The second-order valence-corrected chi connectivity index (χ2v) is 6.65. The number of unbranched alkanes of at least 4 members (excludes halogenated alkanes) is 1. The van der Waals surface area contributed by atoms with Gasteiger partial charge in [0.1, 0.15) is 30.1 Å². The van der Waals surface area contributed by atoms with Gasteiger partial charge in [-0.3, -0.25) is 0 Å². The molecular weight excluding hydrogens is 357 g/mol. The average Bonchev–Trinajstić information content (AvgIpc) is 3.15. The van der Waals surface area contributed by atoms with Crippen LogP contribution in [0.4, 0.5) is 4.39 Å². The monoisotopic (exact) mass is 381 g/mol. The van der Waals surface area contributed by atoms with E-state index in [2.05, 4.69) is 4.98 Å². The van der Waals surface area contributed by atoms with E-state index in [1.807, 2.05) is 37.3 Å². The van der Waals surface area contributed by atoms with E-state index in [1.54, 1.807) is 18.2 Å². The SMILES string of the molecule is Cc1ccc(/C=C/c2nc(COc3ccc(CCCCO)cc3)co2)c(F)c1. The minimum atomic E-state index is -0.272. The smallest absolute Gasteiger partial charge is 0.218 e. The normalized spacial score (nSPS) is 11.2. The van der Waals surface area contributed by atoms with E-state index >= 15 is 0 Å². The molecular formula is C23H24FNO3. The number of aromatic nitrogens is 1. The highest BCUT2D eigenvalue weighted by Gasteiger charge is 2.04. The van der Waals surface area contributed by atoms with Gasteiger partial charge in [0.05, 0.1) is 0 Å². The van der Waals surface area contributed by atoms with Gasteiger partial charge in [0.2, 0.25) is 5.89 Å². The van der Waals surface area contributed by atoms with Crippen LogP contribution in [0.15, 0.2) is 53.1 Å². The number of nitrogens with zero attached hydrogens (tertiary/aromatic N) is 1. The number of hydrogen-bond donors (Lipinski definition) is 1. The molecule has 0 aliphatic heterocycles. The van der Waals surface area contributed by atoms with Crippen LogP contribution in [0.5, 0.6) is 5.75 Å². The lowest BCUT2D eigenvalue weighted by molar-refractivity contribution is 0.284. The van der Waals surface area contributed by atoms with Crippen LogP contribution in [0, 0.1) is 12.7 Å². The molecule has 2 aromatic carbocycles. The molecule has 0 bridgehead atoms. The standard InChI is InChI=1S/C23H24FNO3/c1-17-5-8-19(22(24)14-17)9-12-23-25-20(16-28-23)15-27-21-10-6-18(7-11-21)4-2-3-13-26/h5-12,14,16,26H,2-4,13,15H2,1H3/b12-9+.